The fraction of sp³-hybridized carbons (Fsp3) is 1.00. The topological polar surface area (TPSA) is 40.5 Å². The summed E-state index contributed by atoms with van der Waals surface area (Å²) < 4.78 is 0.984. The molecule has 3 nitrogen and oxygen atoms in total. The Balaban J connectivity index is 3.93. The highest BCUT2D eigenvalue weighted by molar-refractivity contribution is 4.42. The van der Waals surface area contributed by atoms with E-state index in [2.05, 4.69) is 20.8 Å². The summed E-state index contributed by atoms with van der Waals surface area (Å²) in [5.74, 6) is 0. The van der Waals surface area contributed by atoms with Crippen molar-refractivity contribution in [3.8, 4) is 0 Å². The first kappa shape index (κ1) is 11.9. The summed E-state index contributed by atoms with van der Waals surface area (Å²) >= 11 is 0. The SMILES string of the molecule is CC[N+](CC)(CC)CCC(O)O. The van der Waals surface area contributed by atoms with Crippen molar-refractivity contribution >= 4 is 0 Å². The third-order valence-corrected chi connectivity index (χ3v) is 2.87. The maximum absolute atomic E-state index is 8.75. The Bertz CT molecular complexity index is 103. The van der Waals surface area contributed by atoms with E-state index in [-0.39, 0.29) is 0 Å². The molecule has 0 radical (unpaired) electrons. The van der Waals surface area contributed by atoms with Crippen molar-refractivity contribution in [2.45, 2.75) is 33.5 Å². The highest BCUT2D eigenvalue weighted by atomic mass is 16.5. The van der Waals surface area contributed by atoms with Crippen LogP contribution < -0.4 is 0 Å². The van der Waals surface area contributed by atoms with Crippen molar-refractivity contribution in [1.82, 2.24) is 0 Å². The van der Waals surface area contributed by atoms with Gasteiger partial charge in [-0.3, -0.25) is 0 Å². The van der Waals surface area contributed by atoms with Gasteiger partial charge in [-0.05, 0) is 20.8 Å². The van der Waals surface area contributed by atoms with E-state index in [4.69, 9.17) is 10.2 Å². The summed E-state index contributed by atoms with van der Waals surface area (Å²) in [6, 6.07) is 0. The van der Waals surface area contributed by atoms with E-state index in [9.17, 15) is 0 Å². The number of quaternary nitrogens is 1. The Morgan fingerprint density at radius 2 is 1.42 bits per heavy atom. The zero-order valence-electron chi connectivity index (χ0n) is 8.45. The molecule has 0 unspecified atom stereocenters. The minimum atomic E-state index is -1.15. The van der Waals surface area contributed by atoms with E-state index in [1.54, 1.807) is 0 Å². The first-order valence-electron chi connectivity index (χ1n) is 4.81. The van der Waals surface area contributed by atoms with Gasteiger partial charge in [0.1, 0.15) is 0 Å². The largest absolute Gasteiger partial charge is 0.368 e. The van der Waals surface area contributed by atoms with Crippen molar-refractivity contribution in [2.75, 3.05) is 26.2 Å². The molecule has 0 aliphatic heterocycles. The van der Waals surface area contributed by atoms with Gasteiger partial charge in [-0.1, -0.05) is 0 Å². The van der Waals surface area contributed by atoms with E-state index < -0.39 is 6.29 Å². The molecule has 0 bridgehead atoms. The molecule has 12 heavy (non-hydrogen) atoms. The van der Waals surface area contributed by atoms with Crippen molar-refractivity contribution in [1.29, 1.82) is 0 Å². The summed E-state index contributed by atoms with van der Waals surface area (Å²) in [5, 5.41) is 17.5. The van der Waals surface area contributed by atoms with Crippen molar-refractivity contribution in [2.24, 2.45) is 0 Å². The molecule has 0 aliphatic rings. The minimum absolute atomic E-state index is 0.482. The summed E-state index contributed by atoms with van der Waals surface area (Å²) in [6.07, 6.45) is -0.664. The molecule has 0 atom stereocenters. The average Bonchev–Trinajstić information content (AvgIpc) is 2.08. The highest BCUT2D eigenvalue weighted by Crippen LogP contribution is 2.07. The van der Waals surface area contributed by atoms with Crippen LogP contribution in [0.1, 0.15) is 27.2 Å². The highest BCUT2D eigenvalue weighted by Gasteiger charge is 2.20. The predicted octanol–water partition coefficient (Wildman–Crippen LogP) is 0.564. The van der Waals surface area contributed by atoms with Crippen LogP contribution in [0.5, 0.6) is 0 Å². The summed E-state index contributed by atoms with van der Waals surface area (Å²) in [5.41, 5.74) is 0. The molecule has 0 aliphatic carbocycles. The second-order valence-corrected chi connectivity index (χ2v) is 3.28. The van der Waals surface area contributed by atoms with Crippen LogP contribution in [-0.4, -0.2) is 47.2 Å². The standard InChI is InChI=1S/C9H22NO2/c1-4-10(5-2,6-3)8-7-9(11)12/h9,11-12H,4-8H2,1-3H3/q+1. The lowest BCUT2D eigenvalue weighted by atomic mass is 10.3. The molecule has 0 spiro atoms. The molecule has 2 N–H and O–H groups in total. The molecule has 0 fully saturated rings. The number of aliphatic hydroxyl groups is 2. The Morgan fingerprint density at radius 3 is 1.67 bits per heavy atom. The monoisotopic (exact) mass is 176 g/mol. The minimum Gasteiger partial charge on any atom is -0.368 e. The smallest absolute Gasteiger partial charge is 0.156 e. The van der Waals surface area contributed by atoms with E-state index >= 15 is 0 Å². The van der Waals surface area contributed by atoms with Crippen molar-refractivity contribution in [3.05, 3.63) is 0 Å². The Morgan fingerprint density at radius 1 is 1.00 bits per heavy atom. The van der Waals surface area contributed by atoms with Crippen LogP contribution >= 0.6 is 0 Å². The number of nitrogens with zero attached hydrogens (tertiary/aromatic N) is 1. The molecular weight excluding hydrogens is 154 g/mol. The number of hydrogen-bond donors (Lipinski definition) is 2. The molecule has 0 saturated carbocycles. The van der Waals surface area contributed by atoms with Crippen LogP contribution in [0.3, 0.4) is 0 Å². The van der Waals surface area contributed by atoms with Crippen LogP contribution in [-0.2, 0) is 0 Å². The van der Waals surface area contributed by atoms with Gasteiger partial charge in [0.05, 0.1) is 26.2 Å². The Kier molecular flexibility index (Phi) is 5.46. The Hall–Kier alpha value is -0.120. The van der Waals surface area contributed by atoms with Gasteiger partial charge in [-0.15, -0.1) is 0 Å². The average molecular weight is 176 g/mol. The third-order valence-electron chi connectivity index (χ3n) is 2.87. The van der Waals surface area contributed by atoms with Gasteiger partial charge >= 0.3 is 0 Å². The lowest BCUT2D eigenvalue weighted by Crippen LogP contribution is -2.48. The second-order valence-electron chi connectivity index (χ2n) is 3.28. The normalized spacial score (nSPS) is 12.5. The van der Waals surface area contributed by atoms with E-state index in [1.807, 2.05) is 0 Å². The van der Waals surface area contributed by atoms with Gasteiger partial charge in [0.25, 0.3) is 0 Å². The summed E-state index contributed by atoms with van der Waals surface area (Å²) in [6.45, 7) is 10.5. The van der Waals surface area contributed by atoms with Gasteiger partial charge in [-0.2, -0.15) is 0 Å². The van der Waals surface area contributed by atoms with E-state index in [0.29, 0.717) is 6.42 Å². The number of hydrogen-bond acceptors (Lipinski definition) is 2. The number of aliphatic hydroxyl groups excluding tert-OH is 1. The van der Waals surface area contributed by atoms with Crippen LogP contribution in [0.15, 0.2) is 0 Å². The lowest BCUT2D eigenvalue weighted by Gasteiger charge is -2.36. The molecule has 0 aromatic carbocycles. The predicted molar refractivity (Wildman–Crippen MR) is 49.6 cm³/mol. The van der Waals surface area contributed by atoms with Crippen molar-refractivity contribution < 1.29 is 14.7 Å². The molecule has 0 aromatic heterocycles. The molecular formula is C9H22NO2+. The third kappa shape index (κ3) is 3.52. The molecule has 0 rings (SSSR count). The van der Waals surface area contributed by atoms with E-state index in [0.717, 1.165) is 30.7 Å². The van der Waals surface area contributed by atoms with E-state index in [1.165, 1.54) is 0 Å². The van der Waals surface area contributed by atoms with Gasteiger partial charge in [0, 0.05) is 6.42 Å². The molecule has 0 aromatic rings. The fourth-order valence-electron chi connectivity index (χ4n) is 1.53. The first-order chi connectivity index (χ1) is 5.60. The van der Waals surface area contributed by atoms with Crippen LogP contribution in [0, 0.1) is 0 Å². The Labute approximate surface area is 75.2 Å². The van der Waals surface area contributed by atoms with Crippen molar-refractivity contribution in [3.63, 3.8) is 0 Å². The second kappa shape index (κ2) is 5.51. The zero-order valence-corrected chi connectivity index (χ0v) is 8.45. The van der Waals surface area contributed by atoms with Gasteiger partial charge in [0.15, 0.2) is 6.29 Å². The molecule has 3 heteroatoms. The van der Waals surface area contributed by atoms with Crippen LogP contribution in [0.25, 0.3) is 0 Å². The van der Waals surface area contributed by atoms with Gasteiger partial charge in [0.2, 0.25) is 0 Å². The fourth-order valence-corrected chi connectivity index (χ4v) is 1.53. The maximum Gasteiger partial charge on any atom is 0.156 e. The first-order valence-corrected chi connectivity index (χ1v) is 4.81. The quantitative estimate of drug-likeness (QED) is 0.459. The summed E-state index contributed by atoms with van der Waals surface area (Å²) in [7, 11) is 0. The van der Waals surface area contributed by atoms with Gasteiger partial charge < -0.3 is 14.7 Å². The molecule has 0 saturated heterocycles. The summed E-state index contributed by atoms with van der Waals surface area (Å²) in [4.78, 5) is 0. The number of rotatable bonds is 6. The zero-order chi connectivity index (χ0) is 9.61. The van der Waals surface area contributed by atoms with Crippen LogP contribution in [0.2, 0.25) is 0 Å². The van der Waals surface area contributed by atoms with Crippen LogP contribution in [0.4, 0.5) is 0 Å². The lowest BCUT2D eigenvalue weighted by molar-refractivity contribution is -0.924. The molecule has 74 valence electrons. The molecule has 0 amide bonds. The molecule has 0 heterocycles. The van der Waals surface area contributed by atoms with Gasteiger partial charge in [-0.25, -0.2) is 0 Å². The maximum atomic E-state index is 8.75.